The molecule has 126 valence electrons. The minimum Gasteiger partial charge on any atom is -0.507 e. The third-order valence-electron chi connectivity index (χ3n) is 3.95. The zero-order chi connectivity index (χ0) is 16.5. The Morgan fingerprint density at radius 1 is 0.783 bits per heavy atom. The Balaban J connectivity index is 2.18. The van der Waals surface area contributed by atoms with E-state index in [1.807, 2.05) is 24.3 Å². The number of phenols is 1. The van der Waals surface area contributed by atoms with Crippen LogP contribution in [0, 0.1) is 0 Å². The first-order chi connectivity index (χ1) is 11.3. The molecule has 0 aromatic heterocycles. The molecule has 0 saturated heterocycles. The summed E-state index contributed by atoms with van der Waals surface area (Å²) in [6, 6.07) is 9.37. The van der Waals surface area contributed by atoms with Crippen molar-refractivity contribution >= 4 is 10.8 Å². The second kappa shape index (κ2) is 9.29. The highest BCUT2D eigenvalue weighted by atomic mass is 16.5. The molecule has 0 aliphatic heterocycles. The number of hydrogen-bond donors (Lipinski definition) is 1. The number of phenolic OH excluding ortho intramolecular Hbond substituents is 1. The maximum atomic E-state index is 10.3. The normalized spacial score (nSPS) is 10.9. The van der Waals surface area contributed by atoms with Crippen LogP contribution in [0.3, 0.4) is 0 Å². The molecule has 1 N–H and O–H groups in total. The van der Waals surface area contributed by atoms with Crippen molar-refractivity contribution in [2.45, 2.75) is 52.4 Å². The van der Waals surface area contributed by atoms with Gasteiger partial charge in [0.15, 0.2) is 0 Å². The number of rotatable bonds is 10. The molecule has 3 nitrogen and oxygen atoms in total. The number of benzene rings is 2. The molecule has 2 aromatic carbocycles. The number of unbranched alkanes of at least 4 members (excludes halogenated alkanes) is 4. The van der Waals surface area contributed by atoms with Crippen molar-refractivity contribution in [1.82, 2.24) is 0 Å². The highest BCUT2D eigenvalue weighted by Gasteiger charge is 2.11. The number of ether oxygens (including phenoxy) is 2. The summed E-state index contributed by atoms with van der Waals surface area (Å²) >= 11 is 0. The van der Waals surface area contributed by atoms with E-state index < -0.39 is 0 Å². The lowest BCUT2D eigenvalue weighted by Gasteiger charge is -2.14. The summed E-state index contributed by atoms with van der Waals surface area (Å²) in [5.41, 5.74) is 0. The first-order valence-corrected chi connectivity index (χ1v) is 8.78. The van der Waals surface area contributed by atoms with E-state index >= 15 is 0 Å². The fourth-order valence-corrected chi connectivity index (χ4v) is 2.64. The predicted octanol–water partition coefficient (Wildman–Crippen LogP) is 5.68. The molecule has 0 unspecified atom stereocenters. The lowest BCUT2D eigenvalue weighted by atomic mass is 10.1. The van der Waals surface area contributed by atoms with Crippen molar-refractivity contribution in [3.05, 3.63) is 30.3 Å². The van der Waals surface area contributed by atoms with Crippen LogP contribution in [0.5, 0.6) is 17.2 Å². The van der Waals surface area contributed by atoms with Crippen LogP contribution in [0.25, 0.3) is 10.8 Å². The molecule has 23 heavy (non-hydrogen) atoms. The monoisotopic (exact) mass is 316 g/mol. The summed E-state index contributed by atoms with van der Waals surface area (Å²) in [7, 11) is 0. The average molecular weight is 316 g/mol. The number of fused-ring (bicyclic) bond motifs is 1. The van der Waals surface area contributed by atoms with Gasteiger partial charge in [-0.2, -0.15) is 0 Å². The van der Waals surface area contributed by atoms with Gasteiger partial charge in [0.25, 0.3) is 0 Å². The van der Waals surface area contributed by atoms with Crippen LogP contribution in [0.15, 0.2) is 30.3 Å². The molecule has 0 fully saturated rings. The van der Waals surface area contributed by atoms with Gasteiger partial charge in [-0.15, -0.1) is 0 Å². The SMILES string of the molecule is CCCCCOc1ccc(O)c2c(OCCCCC)cccc12. The highest BCUT2D eigenvalue weighted by Crippen LogP contribution is 2.38. The quantitative estimate of drug-likeness (QED) is 0.573. The molecule has 0 aliphatic carbocycles. The van der Waals surface area contributed by atoms with Crippen molar-refractivity contribution in [3.63, 3.8) is 0 Å². The first kappa shape index (κ1) is 17.5. The van der Waals surface area contributed by atoms with Gasteiger partial charge in [-0.05, 0) is 31.0 Å². The summed E-state index contributed by atoms with van der Waals surface area (Å²) < 4.78 is 11.8. The van der Waals surface area contributed by atoms with Gasteiger partial charge >= 0.3 is 0 Å². The first-order valence-electron chi connectivity index (χ1n) is 8.78. The fourth-order valence-electron chi connectivity index (χ4n) is 2.64. The number of hydrogen-bond acceptors (Lipinski definition) is 3. The smallest absolute Gasteiger partial charge is 0.130 e. The van der Waals surface area contributed by atoms with Gasteiger partial charge in [0, 0.05) is 5.39 Å². The molecule has 2 aromatic rings. The van der Waals surface area contributed by atoms with Crippen molar-refractivity contribution in [3.8, 4) is 17.2 Å². The Morgan fingerprint density at radius 2 is 1.43 bits per heavy atom. The van der Waals surface area contributed by atoms with Gasteiger partial charge in [0.2, 0.25) is 0 Å². The van der Waals surface area contributed by atoms with Crippen LogP contribution in [0.2, 0.25) is 0 Å². The van der Waals surface area contributed by atoms with Gasteiger partial charge in [0.05, 0.1) is 18.6 Å². The topological polar surface area (TPSA) is 38.7 Å². The minimum atomic E-state index is 0.243. The van der Waals surface area contributed by atoms with Crippen LogP contribution < -0.4 is 9.47 Å². The minimum absolute atomic E-state index is 0.243. The second-order valence-electron chi connectivity index (χ2n) is 5.87. The Labute approximate surface area is 139 Å². The third-order valence-corrected chi connectivity index (χ3v) is 3.95. The zero-order valence-corrected chi connectivity index (χ0v) is 14.3. The van der Waals surface area contributed by atoms with Gasteiger partial charge in [0.1, 0.15) is 17.2 Å². The molecule has 0 atom stereocenters. The summed E-state index contributed by atoms with van der Waals surface area (Å²) in [5, 5.41) is 11.9. The van der Waals surface area contributed by atoms with Crippen LogP contribution in [-0.4, -0.2) is 18.3 Å². The third kappa shape index (κ3) is 4.78. The molecule has 0 aliphatic rings. The molecule has 0 spiro atoms. The van der Waals surface area contributed by atoms with E-state index in [0.29, 0.717) is 13.2 Å². The molecule has 0 saturated carbocycles. The van der Waals surface area contributed by atoms with E-state index in [4.69, 9.17) is 9.47 Å². The van der Waals surface area contributed by atoms with Crippen molar-refractivity contribution < 1.29 is 14.6 Å². The average Bonchev–Trinajstić information content (AvgIpc) is 2.57. The fraction of sp³-hybridized carbons (Fsp3) is 0.500. The summed E-state index contributed by atoms with van der Waals surface area (Å²) in [5.74, 6) is 1.79. The van der Waals surface area contributed by atoms with Crippen molar-refractivity contribution in [2.24, 2.45) is 0 Å². The maximum absolute atomic E-state index is 10.3. The van der Waals surface area contributed by atoms with E-state index in [1.54, 1.807) is 6.07 Å². The molecule has 0 heterocycles. The van der Waals surface area contributed by atoms with Crippen molar-refractivity contribution in [2.75, 3.05) is 13.2 Å². The second-order valence-corrected chi connectivity index (χ2v) is 5.87. The van der Waals surface area contributed by atoms with E-state index in [2.05, 4.69) is 13.8 Å². The highest BCUT2D eigenvalue weighted by molar-refractivity contribution is 5.97. The van der Waals surface area contributed by atoms with Gasteiger partial charge in [-0.1, -0.05) is 51.7 Å². The largest absolute Gasteiger partial charge is 0.507 e. The van der Waals surface area contributed by atoms with Gasteiger partial charge in [-0.25, -0.2) is 0 Å². The maximum Gasteiger partial charge on any atom is 0.130 e. The van der Waals surface area contributed by atoms with Crippen LogP contribution in [-0.2, 0) is 0 Å². The molecular formula is C20H28O3. The standard InChI is InChI=1S/C20H28O3/c1-3-5-7-14-22-18-13-12-17(21)20-16(18)10-9-11-19(20)23-15-8-6-4-2/h9-13,21H,3-8,14-15H2,1-2H3. The van der Waals surface area contributed by atoms with Crippen LogP contribution in [0.1, 0.15) is 52.4 Å². The van der Waals surface area contributed by atoms with E-state index in [9.17, 15) is 5.11 Å². The van der Waals surface area contributed by atoms with E-state index in [1.165, 1.54) is 19.3 Å². The molecule has 3 heteroatoms. The Bertz CT molecular complexity index is 607. The molecule has 0 bridgehead atoms. The summed E-state index contributed by atoms with van der Waals surface area (Å²) in [6.07, 6.45) is 6.74. The van der Waals surface area contributed by atoms with Crippen molar-refractivity contribution in [1.29, 1.82) is 0 Å². The van der Waals surface area contributed by atoms with E-state index in [0.717, 1.165) is 41.5 Å². The predicted molar refractivity (Wildman–Crippen MR) is 95.7 cm³/mol. The molecule has 0 radical (unpaired) electrons. The molecular weight excluding hydrogens is 288 g/mol. The molecule has 0 amide bonds. The lowest BCUT2D eigenvalue weighted by Crippen LogP contribution is -2.00. The summed E-state index contributed by atoms with van der Waals surface area (Å²) in [4.78, 5) is 0. The number of aromatic hydroxyl groups is 1. The lowest BCUT2D eigenvalue weighted by molar-refractivity contribution is 0.305. The van der Waals surface area contributed by atoms with Crippen LogP contribution >= 0.6 is 0 Å². The summed E-state index contributed by atoms with van der Waals surface area (Å²) in [6.45, 7) is 5.73. The zero-order valence-electron chi connectivity index (χ0n) is 14.3. The Morgan fingerprint density at radius 3 is 2.09 bits per heavy atom. The molecule has 2 rings (SSSR count). The van der Waals surface area contributed by atoms with E-state index in [-0.39, 0.29) is 5.75 Å². The Hall–Kier alpha value is -1.90. The van der Waals surface area contributed by atoms with Gasteiger partial charge < -0.3 is 14.6 Å². The van der Waals surface area contributed by atoms with Crippen LogP contribution in [0.4, 0.5) is 0 Å². The van der Waals surface area contributed by atoms with Gasteiger partial charge in [-0.3, -0.25) is 0 Å². The Kier molecular flexibility index (Phi) is 7.05.